The number of aryl methyl sites for hydroxylation is 1. The van der Waals surface area contributed by atoms with Crippen LogP contribution < -0.4 is 0 Å². The summed E-state index contributed by atoms with van der Waals surface area (Å²) in [4.78, 5) is 21.7. The first-order valence-electron chi connectivity index (χ1n) is 11.4. The molecular weight excluding hydrogens is 440 g/mol. The van der Waals surface area contributed by atoms with Crippen LogP contribution in [-0.4, -0.2) is 36.3 Å². The van der Waals surface area contributed by atoms with Crippen LogP contribution in [0.3, 0.4) is 0 Å². The largest absolute Gasteiger partial charge is 0.479 e. The minimum absolute atomic E-state index is 0.478. The van der Waals surface area contributed by atoms with Crippen molar-refractivity contribution >= 4 is 22.5 Å². The predicted octanol–water partition coefficient (Wildman–Crippen LogP) is 5.86. The van der Waals surface area contributed by atoms with Crippen LogP contribution in [0.5, 0.6) is 0 Å². The van der Waals surface area contributed by atoms with E-state index in [0.29, 0.717) is 22.6 Å². The molecule has 3 aromatic heterocycles. The number of aliphatic carboxylic acids is 1. The Hall–Kier alpha value is -4.10. The molecule has 0 radical (unpaired) electrons. The normalized spacial score (nSPS) is 12.8. The van der Waals surface area contributed by atoms with Gasteiger partial charge in [0.25, 0.3) is 0 Å². The minimum Gasteiger partial charge on any atom is -0.479 e. The maximum absolute atomic E-state index is 12.5. The monoisotopic (exact) mass is 466 g/mol. The first kappa shape index (κ1) is 22.7. The minimum atomic E-state index is -1.23. The Labute approximate surface area is 203 Å². The maximum atomic E-state index is 12.5. The summed E-state index contributed by atoms with van der Waals surface area (Å²) in [5, 5.41) is 16.0. The van der Waals surface area contributed by atoms with Crippen molar-refractivity contribution in [1.29, 1.82) is 0 Å². The van der Waals surface area contributed by atoms with Crippen molar-refractivity contribution < 1.29 is 14.6 Å². The highest BCUT2D eigenvalue weighted by Gasteiger charge is 2.33. The molecule has 5 aromatic rings. The second-order valence-corrected chi connectivity index (χ2v) is 9.48. The zero-order valence-electron chi connectivity index (χ0n) is 20.1. The van der Waals surface area contributed by atoms with Crippen LogP contribution in [0, 0.1) is 6.92 Å². The smallest absolute Gasteiger partial charge is 0.337 e. The van der Waals surface area contributed by atoms with Crippen molar-refractivity contribution in [2.45, 2.75) is 39.4 Å². The van der Waals surface area contributed by atoms with Gasteiger partial charge in [0.15, 0.2) is 11.8 Å². The Kier molecular flexibility index (Phi) is 5.57. The van der Waals surface area contributed by atoms with Gasteiger partial charge in [-0.25, -0.2) is 14.3 Å². The highest BCUT2D eigenvalue weighted by Crippen LogP contribution is 2.37. The van der Waals surface area contributed by atoms with Crippen LogP contribution in [0.4, 0.5) is 0 Å². The number of rotatable bonds is 5. The average molecular weight is 467 g/mol. The fourth-order valence-corrected chi connectivity index (χ4v) is 4.28. The van der Waals surface area contributed by atoms with E-state index in [1.54, 1.807) is 10.7 Å². The van der Waals surface area contributed by atoms with Crippen LogP contribution in [-0.2, 0) is 9.53 Å². The molecule has 0 saturated heterocycles. The van der Waals surface area contributed by atoms with Crippen molar-refractivity contribution in [3.05, 3.63) is 84.2 Å². The molecule has 2 aromatic carbocycles. The van der Waals surface area contributed by atoms with Gasteiger partial charge in [0, 0.05) is 40.0 Å². The Bertz CT molecular complexity index is 1550. The van der Waals surface area contributed by atoms with Gasteiger partial charge in [0.1, 0.15) is 0 Å². The number of hydrogen-bond acceptors (Lipinski definition) is 5. The summed E-state index contributed by atoms with van der Waals surface area (Å²) in [7, 11) is 0. The van der Waals surface area contributed by atoms with Crippen LogP contribution in [0.25, 0.3) is 39.1 Å². The molecule has 0 fully saturated rings. The van der Waals surface area contributed by atoms with E-state index in [4.69, 9.17) is 14.8 Å². The Balaban J connectivity index is 1.84. The fourth-order valence-electron chi connectivity index (χ4n) is 4.28. The number of benzene rings is 2. The third-order valence-corrected chi connectivity index (χ3v) is 5.73. The zero-order valence-corrected chi connectivity index (χ0v) is 20.1. The molecule has 0 bridgehead atoms. The lowest BCUT2D eigenvalue weighted by Gasteiger charge is -2.27. The third kappa shape index (κ3) is 4.38. The highest BCUT2D eigenvalue weighted by molar-refractivity contribution is 5.87. The summed E-state index contributed by atoms with van der Waals surface area (Å²) < 4.78 is 7.79. The summed E-state index contributed by atoms with van der Waals surface area (Å²) in [6.07, 6.45) is 0.523. The summed E-state index contributed by atoms with van der Waals surface area (Å²) >= 11 is 0. The molecule has 1 atom stereocenters. The lowest BCUT2D eigenvalue weighted by Crippen LogP contribution is -2.29. The number of carboxylic acid groups (broad SMARTS) is 1. The third-order valence-electron chi connectivity index (χ3n) is 5.73. The van der Waals surface area contributed by atoms with Gasteiger partial charge in [-0.1, -0.05) is 42.5 Å². The number of carbonyl (C=O) groups is 1. The molecular formula is C28H26N4O3. The number of hydrogen-bond donors (Lipinski definition) is 1. The first-order chi connectivity index (χ1) is 16.7. The number of carboxylic acids is 1. The Morgan fingerprint density at radius 1 is 1.00 bits per heavy atom. The van der Waals surface area contributed by atoms with Gasteiger partial charge in [0.2, 0.25) is 0 Å². The van der Waals surface area contributed by atoms with Gasteiger partial charge in [-0.05, 0) is 45.9 Å². The Morgan fingerprint density at radius 3 is 2.49 bits per heavy atom. The number of ether oxygens (including phenoxy) is 1. The topological polar surface area (TPSA) is 89.6 Å². The van der Waals surface area contributed by atoms with Gasteiger partial charge in [0.05, 0.1) is 22.5 Å². The van der Waals surface area contributed by atoms with Gasteiger partial charge in [-0.3, -0.25) is 4.98 Å². The van der Waals surface area contributed by atoms with E-state index in [1.165, 1.54) is 0 Å². The van der Waals surface area contributed by atoms with E-state index in [1.807, 2.05) is 94.4 Å². The Morgan fingerprint density at radius 2 is 1.77 bits per heavy atom. The zero-order chi connectivity index (χ0) is 24.7. The van der Waals surface area contributed by atoms with Gasteiger partial charge >= 0.3 is 5.97 Å². The lowest BCUT2D eigenvalue weighted by molar-refractivity contribution is -0.160. The van der Waals surface area contributed by atoms with E-state index < -0.39 is 17.7 Å². The second kappa shape index (κ2) is 8.60. The quantitative estimate of drug-likeness (QED) is 0.349. The number of pyridine rings is 1. The number of fused-ring (bicyclic) bond motifs is 2. The van der Waals surface area contributed by atoms with Crippen LogP contribution in [0.1, 0.15) is 38.1 Å². The van der Waals surface area contributed by atoms with E-state index >= 15 is 0 Å². The van der Waals surface area contributed by atoms with Crippen molar-refractivity contribution in [2.24, 2.45) is 0 Å². The van der Waals surface area contributed by atoms with E-state index in [0.717, 1.165) is 27.7 Å². The summed E-state index contributed by atoms with van der Waals surface area (Å²) in [6, 6.07) is 21.5. The first-order valence-corrected chi connectivity index (χ1v) is 11.4. The fraction of sp³-hybridized carbons (Fsp3) is 0.214. The van der Waals surface area contributed by atoms with Crippen molar-refractivity contribution in [1.82, 2.24) is 19.6 Å². The molecule has 0 aliphatic rings. The molecule has 0 aliphatic heterocycles. The molecule has 7 nitrogen and oxygen atoms in total. The molecule has 35 heavy (non-hydrogen) atoms. The van der Waals surface area contributed by atoms with Crippen LogP contribution >= 0.6 is 0 Å². The van der Waals surface area contributed by atoms with Crippen molar-refractivity contribution in [3.63, 3.8) is 0 Å². The molecule has 1 N–H and O–H groups in total. The summed E-state index contributed by atoms with van der Waals surface area (Å²) in [5.41, 5.74) is 5.00. The molecule has 0 saturated carbocycles. The average Bonchev–Trinajstić information content (AvgIpc) is 3.25. The molecule has 7 heteroatoms. The highest BCUT2D eigenvalue weighted by atomic mass is 16.5. The molecule has 5 rings (SSSR count). The molecule has 176 valence electrons. The van der Waals surface area contributed by atoms with Gasteiger partial charge in [-0.15, -0.1) is 0 Å². The molecule has 0 spiro atoms. The summed E-state index contributed by atoms with van der Waals surface area (Å²) in [5.74, 6) is -1.08. The van der Waals surface area contributed by atoms with E-state index in [-0.39, 0.29) is 0 Å². The summed E-state index contributed by atoms with van der Waals surface area (Å²) in [6.45, 7) is 7.34. The van der Waals surface area contributed by atoms with Gasteiger partial charge in [-0.2, -0.15) is 5.10 Å². The van der Waals surface area contributed by atoms with Gasteiger partial charge < -0.3 is 9.84 Å². The second-order valence-electron chi connectivity index (χ2n) is 9.48. The number of nitrogens with zero attached hydrogens (tertiary/aromatic N) is 4. The van der Waals surface area contributed by atoms with Crippen molar-refractivity contribution in [2.75, 3.05) is 0 Å². The molecule has 0 aliphatic carbocycles. The number of aromatic nitrogens is 4. The SMILES string of the molecule is Cc1nc2cc(-c3ccccc3)nn2c(-c2ccc3ncccc3c2)c1C(OC(C)(C)C)C(=O)O. The van der Waals surface area contributed by atoms with Crippen LogP contribution in [0.15, 0.2) is 72.9 Å². The lowest BCUT2D eigenvalue weighted by atomic mass is 9.98. The molecule has 3 heterocycles. The van der Waals surface area contributed by atoms with Crippen LogP contribution in [0.2, 0.25) is 0 Å². The predicted molar refractivity (Wildman–Crippen MR) is 135 cm³/mol. The molecule has 1 unspecified atom stereocenters. The van der Waals surface area contributed by atoms with E-state index in [9.17, 15) is 9.90 Å². The van der Waals surface area contributed by atoms with Crippen molar-refractivity contribution in [3.8, 4) is 22.5 Å². The standard InChI is InChI=1S/C28H26N4O3/c1-17-24(26(27(33)34)35-28(2,3)4)25(20-12-13-21-19(15-20)11-8-14-29-21)32-23(30-17)16-22(31-32)18-9-6-5-7-10-18/h5-16,26H,1-4H3,(H,33,34). The van der Waals surface area contributed by atoms with E-state index in [2.05, 4.69) is 4.98 Å². The maximum Gasteiger partial charge on any atom is 0.337 e. The molecule has 0 amide bonds.